The monoisotopic (exact) mass is 240 g/mol. The Morgan fingerprint density at radius 1 is 1.17 bits per heavy atom. The molecule has 1 heterocycles. The fourth-order valence-electron chi connectivity index (χ4n) is 2.00. The number of benzene rings is 2. The number of carbonyl (C=O) groups excluding carboxylic acids is 1. The summed E-state index contributed by atoms with van der Waals surface area (Å²) in [4.78, 5) is 12.1. The van der Waals surface area contributed by atoms with E-state index >= 15 is 0 Å². The molecule has 0 unspecified atom stereocenters. The van der Waals surface area contributed by atoms with E-state index in [1.54, 1.807) is 18.2 Å². The average molecular weight is 240 g/mol. The Morgan fingerprint density at radius 2 is 2.00 bits per heavy atom. The van der Waals surface area contributed by atoms with E-state index in [2.05, 4.69) is 5.32 Å². The molecular formula is C14H12N2O2. The van der Waals surface area contributed by atoms with Crippen LogP contribution in [0.1, 0.15) is 15.9 Å². The van der Waals surface area contributed by atoms with Crippen LogP contribution in [-0.4, -0.2) is 5.91 Å². The third kappa shape index (κ3) is 1.59. The van der Waals surface area contributed by atoms with Gasteiger partial charge in [0.1, 0.15) is 5.75 Å². The van der Waals surface area contributed by atoms with Crippen LogP contribution in [0.15, 0.2) is 36.4 Å². The topological polar surface area (TPSA) is 64.4 Å². The SMILES string of the molecule is Cc1cccc2c1NC(=O)c1cc(N)ccc1O2. The van der Waals surface area contributed by atoms with Crippen LogP contribution in [0.3, 0.4) is 0 Å². The Kier molecular flexibility index (Phi) is 2.23. The minimum Gasteiger partial charge on any atom is -0.454 e. The van der Waals surface area contributed by atoms with E-state index < -0.39 is 0 Å². The maximum absolute atomic E-state index is 12.1. The fraction of sp³-hybridized carbons (Fsp3) is 0.0714. The zero-order chi connectivity index (χ0) is 12.7. The number of rotatable bonds is 0. The van der Waals surface area contributed by atoms with Gasteiger partial charge in [-0.3, -0.25) is 4.79 Å². The van der Waals surface area contributed by atoms with Gasteiger partial charge in [-0.15, -0.1) is 0 Å². The van der Waals surface area contributed by atoms with Gasteiger partial charge in [0.15, 0.2) is 5.75 Å². The molecule has 0 aliphatic carbocycles. The smallest absolute Gasteiger partial charge is 0.259 e. The van der Waals surface area contributed by atoms with Crippen molar-refractivity contribution < 1.29 is 9.53 Å². The highest BCUT2D eigenvalue weighted by Crippen LogP contribution is 2.37. The molecule has 1 aliphatic heterocycles. The third-order valence-electron chi connectivity index (χ3n) is 2.94. The molecule has 0 saturated heterocycles. The van der Waals surface area contributed by atoms with Crippen LogP contribution in [0.4, 0.5) is 11.4 Å². The summed E-state index contributed by atoms with van der Waals surface area (Å²) in [5.74, 6) is 0.961. The summed E-state index contributed by atoms with van der Waals surface area (Å²) in [5, 5.41) is 2.85. The molecule has 0 atom stereocenters. The highest BCUT2D eigenvalue weighted by molar-refractivity contribution is 6.08. The van der Waals surface area contributed by atoms with Crippen LogP contribution in [0.5, 0.6) is 11.5 Å². The molecule has 1 aliphatic rings. The van der Waals surface area contributed by atoms with Gasteiger partial charge in [-0.1, -0.05) is 12.1 Å². The van der Waals surface area contributed by atoms with E-state index in [1.807, 2.05) is 25.1 Å². The zero-order valence-corrected chi connectivity index (χ0v) is 9.86. The molecule has 2 aromatic carbocycles. The molecule has 4 nitrogen and oxygen atoms in total. The van der Waals surface area contributed by atoms with Gasteiger partial charge >= 0.3 is 0 Å². The van der Waals surface area contributed by atoms with E-state index in [0.29, 0.717) is 28.4 Å². The predicted molar refractivity (Wildman–Crippen MR) is 70.1 cm³/mol. The van der Waals surface area contributed by atoms with Crippen LogP contribution >= 0.6 is 0 Å². The van der Waals surface area contributed by atoms with Gasteiger partial charge in [0.2, 0.25) is 0 Å². The number of hydrogen-bond acceptors (Lipinski definition) is 3. The molecule has 1 amide bonds. The second kappa shape index (κ2) is 3.77. The second-order valence-electron chi connectivity index (χ2n) is 4.26. The molecule has 0 radical (unpaired) electrons. The van der Waals surface area contributed by atoms with Crippen molar-refractivity contribution in [1.82, 2.24) is 0 Å². The summed E-state index contributed by atoms with van der Waals surface area (Å²) < 4.78 is 5.77. The van der Waals surface area contributed by atoms with Crippen molar-refractivity contribution in [1.29, 1.82) is 0 Å². The van der Waals surface area contributed by atoms with Crippen LogP contribution < -0.4 is 15.8 Å². The number of nitrogen functional groups attached to an aromatic ring is 1. The van der Waals surface area contributed by atoms with E-state index in [4.69, 9.17) is 10.5 Å². The number of amides is 1. The van der Waals surface area contributed by atoms with Crippen molar-refractivity contribution in [3.8, 4) is 11.5 Å². The molecule has 3 rings (SSSR count). The van der Waals surface area contributed by atoms with E-state index in [0.717, 1.165) is 5.56 Å². The molecule has 0 fully saturated rings. The first-order valence-corrected chi connectivity index (χ1v) is 5.63. The number of nitrogens with one attached hydrogen (secondary N) is 1. The average Bonchev–Trinajstić information content (AvgIpc) is 2.48. The number of nitrogens with two attached hydrogens (primary N) is 1. The van der Waals surface area contributed by atoms with Gasteiger partial charge in [0.05, 0.1) is 11.3 Å². The Balaban J connectivity index is 2.19. The largest absolute Gasteiger partial charge is 0.454 e. The van der Waals surface area contributed by atoms with Crippen LogP contribution in [0.2, 0.25) is 0 Å². The number of hydrogen-bond donors (Lipinski definition) is 2. The minimum absolute atomic E-state index is 0.203. The predicted octanol–water partition coefficient (Wildman–Crippen LogP) is 2.94. The number of aryl methyl sites for hydroxylation is 1. The van der Waals surface area contributed by atoms with Crippen LogP contribution in [-0.2, 0) is 0 Å². The van der Waals surface area contributed by atoms with Crippen LogP contribution in [0.25, 0.3) is 0 Å². The van der Waals surface area contributed by atoms with Gasteiger partial charge in [-0.2, -0.15) is 0 Å². The van der Waals surface area contributed by atoms with Crippen molar-refractivity contribution in [2.75, 3.05) is 11.1 Å². The Morgan fingerprint density at radius 3 is 2.83 bits per heavy atom. The van der Waals surface area contributed by atoms with E-state index in [9.17, 15) is 4.79 Å². The van der Waals surface area contributed by atoms with Crippen molar-refractivity contribution >= 4 is 17.3 Å². The zero-order valence-electron chi connectivity index (χ0n) is 9.86. The Labute approximate surface area is 104 Å². The maximum atomic E-state index is 12.1. The lowest BCUT2D eigenvalue weighted by Crippen LogP contribution is -2.11. The standard InChI is InChI=1S/C14H12N2O2/c1-8-3-2-4-12-13(8)16-14(17)10-7-9(15)5-6-11(10)18-12/h2-7H,15H2,1H3,(H,16,17). The number of anilines is 2. The lowest BCUT2D eigenvalue weighted by molar-refractivity contribution is 0.102. The van der Waals surface area contributed by atoms with E-state index in [1.165, 1.54) is 0 Å². The summed E-state index contributed by atoms with van der Waals surface area (Å²) >= 11 is 0. The number of para-hydroxylation sites is 1. The molecular weight excluding hydrogens is 228 g/mol. The quantitative estimate of drug-likeness (QED) is 0.696. The molecule has 0 spiro atoms. The van der Waals surface area contributed by atoms with Gasteiger partial charge in [-0.25, -0.2) is 0 Å². The maximum Gasteiger partial charge on any atom is 0.259 e. The lowest BCUT2D eigenvalue weighted by Gasteiger charge is -2.09. The number of ether oxygens (including phenoxy) is 1. The second-order valence-corrected chi connectivity index (χ2v) is 4.26. The van der Waals surface area contributed by atoms with Crippen molar-refractivity contribution in [2.24, 2.45) is 0 Å². The van der Waals surface area contributed by atoms with Crippen molar-refractivity contribution in [3.63, 3.8) is 0 Å². The first kappa shape index (κ1) is 10.7. The highest BCUT2D eigenvalue weighted by atomic mass is 16.5. The van der Waals surface area contributed by atoms with Crippen LogP contribution in [0, 0.1) is 6.92 Å². The minimum atomic E-state index is -0.203. The van der Waals surface area contributed by atoms with Gasteiger partial charge in [-0.05, 0) is 36.8 Å². The fourth-order valence-corrected chi connectivity index (χ4v) is 2.00. The third-order valence-corrected chi connectivity index (χ3v) is 2.94. The molecule has 3 N–H and O–H groups in total. The normalized spacial score (nSPS) is 12.8. The summed E-state index contributed by atoms with van der Waals surface area (Å²) in [5.41, 5.74) is 8.35. The van der Waals surface area contributed by atoms with Gasteiger partial charge in [0, 0.05) is 5.69 Å². The molecule has 2 aromatic rings. The summed E-state index contributed by atoms with van der Waals surface area (Å²) in [6, 6.07) is 10.7. The molecule has 90 valence electrons. The molecule has 0 saturated carbocycles. The lowest BCUT2D eigenvalue weighted by atomic mass is 10.1. The number of carbonyl (C=O) groups is 1. The summed E-state index contributed by atoms with van der Waals surface area (Å²) in [7, 11) is 0. The Hall–Kier alpha value is -2.49. The molecule has 4 heteroatoms. The molecule has 0 bridgehead atoms. The molecule has 18 heavy (non-hydrogen) atoms. The summed E-state index contributed by atoms with van der Waals surface area (Å²) in [6.07, 6.45) is 0. The highest BCUT2D eigenvalue weighted by Gasteiger charge is 2.21. The van der Waals surface area contributed by atoms with E-state index in [-0.39, 0.29) is 5.91 Å². The molecule has 0 aromatic heterocycles. The van der Waals surface area contributed by atoms with Crippen molar-refractivity contribution in [3.05, 3.63) is 47.5 Å². The summed E-state index contributed by atoms with van der Waals surface area (Å²) in [6.45, 7) is 1.92. The number of fused-ring (bicyclic) bond motifs is 2. The first-order valence-electron chi connectivity index (χ1n) is 5.63. The Bertz CT molecular complexity index is 650. The van der Waals surface area contributed by atoms with Gasteiger partial charge in [0.25, 0.3) is 5.91 Å². The first-order chi connectivity index (χ1) is 8.65. The van der Waals surface area contributed by atoms with Crippen molar-refractivity contribution in [2.45, 2.75) is 6.92 Å². The van der Waals surface area contributed by atoms with Gasteiger partial charge < -0.3 is 15.8 Å².